The number of aldehydes is 1. The molecule has 25 heavy (non-hydrogen) atoms. The van der Waals surface area contributed by atoms with Crippen LogP contribution in [-0.2, 0) is 0 Å². The quantitative estimate of drug-likeness (QED) is 0.451. The molecule has 2 heterocycles. The third-order valence-corrected chi connectivity index (χ3v) is 4.66. The zero-order chi connectivity index (χ0) is 17.4. The van der Waals surface area contributed by atoms with Crippen molar-refractivity contribution in [3.63, 3.8) is 0 Å². The number of hydrogen-bond donors (Lipinski definition) is 1. The molecule has 0 bridgehead atoms. The molecule has 0 amide bonds. The highest BCUT2D eigenvalue weighted by Crippen LogP contribution is 2.29. The summed E-state index contributed by atoms with van der Waals surface area (Å²) in [6, 6.07) is 15.3. The molecule has 0 aliphatic heterocycles. The number of aromatic nitrogens is 3. The molecule has 0 atom stereocenters. The van der Waals surface area contributed by atoms with Gasteiger partial charge in [0.1, 0.15) is 5.82 Å². The van der Waals surface area contributed by atoms with Gasteiger partial charge in [-0.05, 0) is 24.3 Å². The van der Waals surface area contributed by atoms with Crippen molar-refractivity contribution in [3.05, 3.63) is 69.8 Å². The summed E-state index contributed by atoms with van der Waals surface area (Å²) >= 11 is 9.68. The highest BCUT2D eigenvalue weighted by molar-refractivity contribution is 9.10. The van der Waals surface area contributed by atoms with Crippen molar-refractivity contribution < 1.29 is 4.79 Å². The molecule has 2 aromatic carbocycles. The largest absolute Gasteiger partial charge is 0.338 e. The van der Waals surface area contributed by atoms with Crippen LogP contribution in [0, 0.1) is 0 Å². The molecule has 4 rings (SSSR count). The lowest BCUT2D eigenvalue weighted by Crippen LogP contribution is -1.89. The monoisotopic (exact) mass is 411 g/mol. The smallest absolute Gasteiger partial charge is 0.151 e. The van der Waals surface area contributed by atoms with Crippen LogP contribution < -0.4 is 0 Å². The number of nitrogens with zero attached hydrogens (tertiary/aromatic N) is 2. The van der Waals surface area contributed by atoms with E-state index in [1.807, 2.05) is 42.5 Å². The Balaban J connectivity index is 1.70. The van der Waals surface area contributed by atoms with Gasteiger partial charge in [-0.3, -0.25) is 9.78 Å². The fourth-order valence-corrected chi connectivity index (χ4v) is 3.28. The standard InChI is InChI=1S/C19H11BrClN3O/c20-14-5-6-16-17(8-14)24-19(23-16)13-3-1-12(2-4-13)18-15(21)7-11(10-25)9-22-18/h1-10H,(H,23,24). The van der Waals surface area contributed by atoms with E-state index in [1.54, 1.807) is 6.07 Å². The van der Waals surface area contributed by atoms with E-state index in [9.17, 15) is 4.79 Å². The average Bonchev–Trinajstić information content (AvgIpc) is 3.05. The van der Waals surface area contributed by atoms with E-state index in [4.69, 9.17) is 11.6 Å². The maximum atomic E-state index is 10.8. The molecule has 4 aromatic rings. The number of benzene rings is 2. The van der Waals surface area contributed by atoms with Gasteiger partial charge < -0.3 is 4.98 Å². The number of carbonyl (C=O) groups excluding carboxylic acids is 1. The van der Waals surface area contributed by atoms with Crippen molar-refractivity contribution in [2.75, 3.05) is 0 Å². The maximum Gasteiger partial charge on any atom is 0.151 e. The molecule has 1 N–H and O–H groups in total. The Morgan fingerprint density at radius 3 is 2.52 bits per heavy atom. The van der Waals surface area contributed by atoms with Crippen LogP contribution in [-0.4, -0.2) is 21.2 Å². The number of hydrogen-bond acceptors (Lipinski definition) is 3. The molecule has 0 saturated heterocycles. The topological polar surface area (TPSA) is 58.6 Å². The molecule has 122 valence electrons. The number of imidazole rings is 1. The van der Waals surface area contributed by atoms with Crippen LogP contribution in [0.15, 0.2) is 59.2 Å². The minimum absolute atomic E-state index is 0.450. The van der Waals surface area contributed by atoms with Crippen molar-refractivity contribution >= 4 is 44.9 Å². The van der Waals surface area contributed by atoms with E-state index in [1.165, 1.54) is 6.20 Å². The Hall–Kier alpha value is -2.50. The molecule has 0 fully saturated rings. The van der Waals surface area contributed by atoms with Gasteiger partial charge in [-0.1, -0.05) is 51.8 Å². The van der Waals surface area contributed by atoms with E-state index in [0.29, 0.717) is 16.3 Å². The summed E-state index contributed by atoms with van der Waals surface area (Å²) < 4.78 is 1.00. The Morgan fingerprint density at radius 2 is 1.80 bits per heavy atom. The number of fused-ring (bicyclic) bond motifs is 1. The van der Waals surface area contributed by atoms with E-state index < -0.39 is 0 Å². The molecule has 0 saturated carbocycles. The second-order valence-electron chi connectivity index (χ2n) is 5.54. The van der Waals surface area contributed by atoms with Crippen molar-refractivity contribution in [1.29, 1.82) is 0 Å². The Labute approximate surface area is 157 Å². The first kappa shape index (κ1) is 16.0. The van der Waals surface area contributed by atoms with Crippen molar-refractivity contribution in [1.82, 2.24) is 15.0 Å². The number of nitrogens with one attached hydrogen (secondary N) is 1. The van der Waals surface area contributed by atoms with Gasteiger partial charge >= 0.3 is 0 Å². The first-order valence-corrected chi connectivity index (χ1v) is 8.68. The zero-order valence-electron chi connectivity index (χ0n) is 12.8. The number of aromatic amines is 1. The first-order valence-electron chi connectivity index (χ1n) is 7.51. The number of carbonyl (C=O) groups is 1. The predicted octanol–water partition coefficient (Wildman–Crippen LogP) is 5.52. The van der Waals surface area contributed by atoms with Gasteiger partial charge in [0.05, 0.1) is 21.7 Å². The van der Waals surface area contributed by atoms with Crippen LogP contribution in [0.1, 0.15) is 10.4 Å². The fraction of sp³-hybridized carbons (Fsp3) is 0. The third kappa shape index (κ3) is 3.08. The van der Waals surface area contributed by atoms with Crippen LogP contribution in [0.5, 0.6) is 0 Å². The van der Waals surface area contributed by atoms with Crippen LogP contribution >= 0.6 is 27.5 Å². The molecule has 0 spiro atoms. The SMILES string of the molecule is O=Cc1cnc(-c2ccc(-c3nc4ccc(Br)cc4[nH]3)cc2)c(Cl)c1. The Morgan fingerprint density at radius 1 is 1.04 bits per heavy atom. The molecule has 6 heteroatoms. The summed E-state index contributed by atoms with van der Waals surface area (Å²) in [5.74, 6) is 0.801. The molecular formula is C19H11BrClN3O. The van der Waals surface area contributed by atoms with Gasteiger partial charge in [0.2, 0.25) is 0 Å². The summed E-state index contributed by atoms with van der Waals surface area (Å²) in [6.45, 7) is 0. The fourth-order valence-electron chi connectivity index (χ4n) is 2.63. The highest BCUT2D eigenvalue weighted by atomic mass is 79.9. The average molecular weight is 413 g/mol. The molecule has 4 nitrogen and oxygen atoms in total. The van der Waals surface area contributed by atoms with E-state index in [2.05, 4.69) is 30.9 Å². The molecule has 2 aromatic heterocycles. The maximum absolute atomic E-state index is 10.8. The third-order valence-electron chi connectivity index (χ3n) is 3.87. The molecule has 0 unspecified atom stereocenters. The summed E-state index contributed by atoms with van der Waals surface area (Å²) in [5, 5.41) is 0.450. The van der Waals surface area contributed by atoms with Gasteiger partial charge in [0.25, 0.3) is 0 Å². The Kier molecular flexibility index (Phi) is 4.11. The Bertz CT molecular complexity index is 1090. The van der Waals surface area contributed by atoms with Crippen LogP contribution in [0.2, 0.25) is 5.02 Å². The van der Waals surface area contributed by atoms with E-state index in [-0.39, 0.29) is 0 Å². The van der Waals surface area contributed by atoms with Crippen LogP contribution in [0.25, 0.3) is 33.7 Å². The molecule has 0 radical (unpaired) electrons. The van der Waals surface area contributed by atoms with Crippen molar-refractivity contribution in [2.45, 2.75) is 0 Å². The normalized spacial score (nSPS) is 11.0. The summed E-state index contributed by atoms with van der Waals surface area (Å²) in [5.41, 5.74) is 4.84. The summed E-state index contributed by atoms with van der Waals surface area (Å²) in [7, 11) is 0. The first-order chi connectivity index (χ1) is 12.1. The van der Waals surface area contributed by atoms with E-state index in [0.717, 1.165) is 38.7 Å². The summed E-state index contributed by atoms with van der Waals surface area (Å²) in [4.78, 5) is 23.0. The van der Waals surface area contributed by atoms with Gasteiger partial charge in [-0.2, -0.15) is 0 Å². The number of pyridine rings is 1. The van der Waals surface area contributed by atoms with Gasteiger partial charge in [-0.15, -0.1) is 0 Å². The van der Waals surface area contributed by atoms with Crippen molar-refractivity contribution in [2.24, 2.45) is 0 Å². The number of H-pyrrole nitrogens is 1. The van der Waals surface area contributed by atoms with Crippen LogP contribution in [0.3, 0.4) is 0 Å². The second kappa shape index (κ2) is 6.43. The molecule has 0 aliphatic carbocycles. The van der Waals surface area contributed by atoms with Gasteiger partial charge in [0.15, 0.2) is 6.29 Å². The minimum atomic E-state index is 0.450. The lowest BCUT2D eigenvalue weighted by atomic mass is 10.1. The van der Waals surface area contributed by atoms with Gasteiger partial charge in [0, 0.05) is 27.4 Å². The lowest BCUT2D eigenvalue weighted by molar-refractivity contribution is 0.112. The molecule has 0 aliphatic rings. The number of halogens is 2. The van der Waals surface area contributed by atoms with Crippen LogP contribution in [0.4, 0.5) is 0 Å². The second-order valence-corrected chi connectivity index (χ2v) is 6.86. The zero-order valence-corrected chi connectivity index (χ0v) is 15.2. The summed E-state index contributed by atoms with van der Waals surface area (Å²) in [6.07, 6.45) is 2.24. The highest BCUT2D eigenvalue weighted by Gasteiger charge is 2.09. The molecular weight excluding hydrogens is 402 g/mol. The van der Waals surface area contributed by atoms with Crippen molar-refractivity contribution in [3.8, 4) is 22.6 Å². The lowest BCUT2D eigenvalue weighted by Gasteiger charge is -2.05. The van der Waals surface area contributed by atoms with E-state index >= 15 is 0 Å². The minimum Gasteiger partial charge on any atom is -0.338 e. The van der Waals surface area contributed by atoms with Gasteiger partial charge in [-0.25, -0.2) is 4.98 Å². The number of rotatable bonds is 3. The predicted molar refractivity (Wildman–Crippen MR) is 103 cm³/mol.